The fourth-order valence-electron chi connectivity index (χ4n) is 1.11. The zero-order chi connectivity index (χ0) is 12.1. The van der Waals surface area contributed by atoms with Crippen LogP contribution in [0.5, 0.6) is 5.75 Å². The number of rotatable bonds is 5. The van der Waals surface area contributed by atoms with Gasteiger partial charge in [-0.05, 0) is 19.1 Å². The average Bonchev–Trinajstić information content (AvgIpc) is 2.21. The minimum atomic E-state index is -0.871. The number of benzene rings is 1. The maximum Gasteiger partial charge on any atom is 0.190 e. The predicted molar refractivity (Wildman–Crippen MR) is 56.7 cm³/mol. The largest absolute Gasteiger partial charge is 0.487 e. The van der Waals surface area contributed by atoms with Crippen LogP contribution in [0.15, 0.2) is 24.3 Å². The van der Waals surface area contributed by atoms with Gasteiger partial charge < -0.3 is 4.74 Å². The second kappa shape index (κ2) is 5.39. The third kappa shape index (κ3) is 3.15. The van der Waals surface area contributed by atoms with Crippen LogP contribution in [0.2, 0.25) is 0 Å². The third-order valence-corrected chi connectivity index (χ3v) is 1.93. The number of halogens is 2. The number of hydrogen-bond acceptors (Lipinski definition) is 2. The van der Waals surface area contributed by atoms with Crippen molar-refractivity contribution in [3.05, 3.63) is 41.5 Å². The van der Waals surface area contributed by atoms with E-state index in [1.807, 2.05) is 0 Å². The molecule has 0 fully saturated rings. The highest BCUT2D eigenvalue weighted by Gasteiger charge is 2.12. The molecule has 0 radical (unpaired) electrons. The van der Waals surface area contributed by atoms with E-state index in [0.717, 1.165) is 17.7 Å². The van der Waals surface area contributed by atoms with Crippen molar-refractivity contribution in [3.63, 3.8) is 0 Å². The van der Waals surface area contributed by atoms with E-state index in [0.29, 0.717) is 12.7 Å². The van der Waals surface area contributed by atoms with Crippen molar-refractivity contribution in [1.29, 1.82) is 0 Å². The van der Waals surface area contributed by atoms with Crippen LogP contribution < -0.4 is 4.74 Å². The van der Waals surface area contributed by atoms with Crippen LogP contribution in [0.4, 0.5) is 8.78 Å². The molecule has 1 rings (SSSR count). The Labute approximate surface area is 92.5 Å². The minimum absolute atomic E-state index is 0.0535. The molecule has 0 aliphatic carbocycles. The highest BCUT2D eigenvalue weighted by Crippen LogP contribution is 2.23. The van der Waals surface area contributed by atoms with Crippen molar-refractivity contribution in [2.45, 2.75) is 13.3 Å². The van der Waals surface area contributed by atoms with Crippen molar-refractivity contribution in [2.75, 3.05) is 6.61 Å². The second-order valence-corrected chi connectivity index (χ2v) is 3.49. The molecule has 0 atom stereocenters. The lowest BCUT2D eigenvalue weighted by Crippen LogP contribution is -2.02. The molecule has 0 heterocycles. The zero-order valence-electron chi connectivity index (χ0n) is 8.93. The average molecular weight is 226 g/mol. The molecule has 0 saturated carbocycles. The molecular formula is C12H12F2O2. The number of carbonyl (C=O) groups is 1. The monoisotopic (exact) mass is 226 g/mol. The molecule has 0 spiro atoms. The first-order valence-corrected chi connectivity index (χ1v) is 4.76. The number of aldehydes is 1. The Hall–Kier alpha value is -1.71. The van der Waals surface area contributed by atoms with Gasteiger partial charge in [0.1, 0.15) is 6.29 Å². The summed E-state index contributed by atoms with van der Waals surface area (Å²) in [6.07, 6.45) is 0.901. The molecule has 4 heteroatoms. The number of ether oxygens (including phenoxy) is 1. The highest BCUT2D eigenvalue weighted by molar-refractivity contribution is 5.75. The van der Waals surface area contributed by atoms with Crippen LogP contribution in [0, 0.1) is 11.6 Å². The summed E-state index contributed by atoms with van der Waals surface area (Å²) >= 11 is 0. The lowest BCUT2D eigenvalue weighted by atomic mass is 10.2. The summed E-state index contributed by atoms with van der Waals surface area (Å²) in [4.78, 5) is 10.3. The molecule has 16 heavy (non-hydrogen) atoms. The Balaban J connectivity index is 2.80. The normalized spacial score (nSPS) is 9.94. The smallest absolute Gasteiger partial charge is 0.190 e. The van der Waals surface area contributed by atoms with E-state index in [4.69, 9.17) is 4.74 Å². The second-order valence-electron chi connectivity index (χ2n) is 3.49. The summed E-state index contributed by atoms with van der Waals surface area (Å²) in [7, 11) is 0. The summed E-state index contributed by atoms with van der Waals surface area (Å²) < 4.78 is 31.5. The summed E-state index contributed by atoms with van der Waals surface area (Å²) in [6, 6.07) is 1.87. The molecule has 0 amide bonds. The van der Waals surface area contributed by atoms with Crippen molar-refractivity contribution in [3.8, 4) is 5.75 Å². The van der Waals surface area contributed by atoms with Crippen LogP contribution in [-0.2, 0) is 0 Å². The summed E-state index contributed by atoms with van der Waals surface area (Å²) in [6.45, 7) is 5.60. The van der Waals surface area contributed by atoms with Crippen LogP contribution in [0.25, 0.3) is 0 Å². The molecule has 1 aromatic rings. The van der Waals surface area contributed by atoms with Gasteiger partial charge in [-0.2, -0.15) is 0 Å². The van der Waals surface area contributed by atoms with Gasteiger partial charge in [-0.3, -0.25) is 4.79 Å². The van der Waals surface area contributed by atoms with Gasteiger partial charge in [-0.25, -0.2) is 8.78 Å². The molecule has 1 aromatic carbocycles. The van der Waals surface area contributed by atoms with Gasteiger partial charge in [0.25, 0.3) is 0 Å². The van der Waals surface area contributed by atoms with E-state index in [1.54, 1.807) is 6.92 Å². The van der Waals surface area contributed by atoms with Crippen molar-refractivity contribution < 1.29 is 18.3 Å². The molecule has 86 valence electrons. The fraction of sp³-hybridized carbons (Fsp3) is 0.250. The predicted octanol–water partition coefficient (Wildman–Crippen LogP) is 3.12. The van der Waals surface area contributed by atoms with E-state index in [1.165, 1.54) is 0 Å². The van der Waals surface area contributed by atoms with Gasteiger partial charge in [0.05, 0.1) is 6.61 Å². The molecule has 0 aliphatic heterocycles. The topological polar surface area (TPSA) is 26.3 Å². The Kier molecular flexibility index (Phi) is 4.17. The molecule has 0 bridgehead atoms. The quantitative estimate of drug-likeness (QED) is 0.569. The minimum Gasteiger partial charge on any atom is -0.487 e. The summed E-state index contributed by atoms with van der Waals surface area (Å²) in [5.74, 6) is -2.19. The molecular weight excluding hydrogens is 214 g/mol. The first kappa shape index (κ1) is 12.4. The molecule has 2 nitrogen and oxygen atoms in total. The maximum absolute atomic E-state index is 13.3. The van der Waals surface area contributed by atoms with E-state index in [2.05, 4.69) is 6.58 Å². The molecule has 0 saturated heterocycles. The van der Waals surface area contributed by atoms with Gasteiger partial charge in [0, 0.05) is 12.0 Å². The number of hydrogen-bond donors (Lipinski definition) is 0. The number of carbonyl (C=O) groups excluding carboxylic acids is 1. The first-order chi connectivity index (χ1) is 7.54. The standard InChI is InChI=1S/C12H12F2O2/c1-8(2)3-4-16-12-10(13)5-9(7-15)6-11(12)14/h5-7H,1,3-4H2,2H3. The highest BCUT2D eigenvalue weighted by atomic mass is 19.1. The van der Waals surface area contributed by atoms with Gasteiger partial charge in [-0.15, -0.1) is 6.58 Å². The van der Waals surface area contributed by atoms with Crippen LogP contribution >= 0.6 is 0 Å². The van der Waals surface area contributed by atoms with Crippen molar-refractivity contribution >= 4 is 6.29 Å². The Bertz CT molecular complexity index is 390. The lowest BCUT2D eigenvalue weighted by molar-refractivity contribution is 0.112. The van der Waals surface area contributed by atoms with Crippen LogP contribution in [0.3, 0.4) is 0 Å². The van der Waals surface area contributed by atoms with E-state index in [9.17, 15) is 13.6 Å². The van der Waals surface area contributed by atoms with Crippen LogP contribution in [0.1, 0.15) is 23.7 Å². The van der Waals surface area contributed by atoms with Crippen LogP contribution in [-0.4, -0.2) is 12.9 Å². The Morgan fingerprint density at radius 3 is 2.44 bits per heavy atom. The van der Waals surface area contributed by atoms with Gasteiger partial charge in [0.2, 0.25) is 0 Å². The lowest BCUT2D eigenvalue weighted by Gasteiger charge is -2.08. The van der Waals surface area contributed by atoms with E-state index < -0.39 is 17.4 Å². The van der Waals surface area contributed by atoms with Gasteiger partial charge in [0.15, 0.2) is 17.4 Å². The third-order valence-electron chi connectivity index (χ3n) is 1.93. The van der Waals surface area contributed by atoms with Gasteiger partial charge >= 0.3 is 0 Å². The molecule has 0 unspecified atom stereocenters. The first-order valence-electron chi connectivity index (χ1n) is 4.76. The molecule has 0 aliphatic rings. The van der Waals surface area contributed by atoms with E-state index in [-0.39, 0.29) is 12.2 Å². The fourth-order valence-corrected chi connectivity index (χ4v) is 1.11. The van der Waals surface area contributed by atoms with E-state index >= 15 is 0 Å². The maximum atomic E-state index is 13.3. The van der Waals surface area contributed by atoms with Crippen molar-refractivity contribution in [1.82, 2.24) is 0 Å². The Morgan fingerprint density at radius 1 is 1.44 bits per heavy atom. The molecule has 0 N–H and O–H groups in total. The van der Waals surface area contributed by atoms with Crippen molar-refractivity contribution in [2.24, 2.45) is 0 Å². The molecule has 0 aromatic heterocycles. The SMILES string of the molecule is C=C(C)CCOc1c(F)cc(C=O)cc1F. The zero-order valence-corrected chi connectivity index (χ0v) is 8.93. The summed E-state index contributed by atoms with van der Waals surface area (Å²) in [5, 5.41) is 0. The summed E-state index contributed by atoms with van der Waals surface area (Å²) in [5.41, 5.74) is 0.813. The van der Waals surface area contributed by atoms with Gasteiger partial charge in [-0.1, -0.05) is 5.57 Å². The Morgan fingerprint density at radius 2 is 2.00 bits per heavy atom.